The maximum absolute atomic E-state index is 13.3. The average molecular weight is 433 g/mol. The van der Waals surface area contributed by atoms with E-state index in [0.717, 1.165) is 55.0 Å². The molecule has 3 aromatic rings. The van der Waals surface area contributed by atoms with Gasteiger partial charge in [0.2, 0.25) is 0 Å². The molecule has 0 unspecified atom stereocenters. The number of carbonyl (C=O) groups excluding carboxylic acids is 1. The molecule has 1 amide bonds. The van der Waals surface area contributed by atoms with Crippen LogP contribution in [0.5, 0.6) is 0 Å². The van der Waals surface area contributed by atoms with Crippen molar-refractivity contribution in [1.82, 2.24) is 19.8 Å². The van der Waals surface area contributed by atoms with Gasteiger partial charge in [-0.25, -0.2) is 14.4 Å². The number of carbonyl (C=O) groups is 1. The molecule has 5 nitrogen and oxygen atoms in total. The molecule has 0 spiro atoms. The lowest BCUT2D eigenvalue weighted by Gasteiger charge is -2.35. The van der Waals surface area contributed by atoms with E-state index in [2.05, 4.69) is 34.1 Å². The van der Waals surface area contributed by atoms with Gasteiger partial charge in [-0.15, -0.1) is 0 Å². The van der Waals surface area contributed by atoms with Crippen molar-refractivity contribution in [1.29, 1.82) is 0 Å². The SMILES string of the molecule is Cc1nc([C@H]2CCCCN2Cc2cccc(-c3ccc(F)cc3)c2)ncc1C(=O)N(C)C. The van der Waals surface area contributed by atoms with Crippen molar-refractivity contribution in [3.63, 3.8) is 0 Å². The largest absolute Gasteiger partial charge is 0.345 e. The lowest BCUT2D eigenvalue weighted by molar-refractivity contribution is 0.0825. The third-order valence-electron chi connectivity index (χ3n) is 6.04. The lowest BCUT2D eigenvalue weighted by atomic mass is 9.98. The van der Waals surface area contributed by atoms with Crippen LogP contribution in [-0.4, -0.2) is 46.3 Å². The first-order valence-electron chi connectivity index (χ1n) is 11.1. The molecule has 32 heavy (non-hydrogen) atoms. The maximum Gasteiger partial charge on any atom is 0.256 e. The van der Waals surface area contributed by atoms with Crippen molar-refractivity contribution in [3.8, 4) is 11.1 Å². The van der Waals surface area contributed by atoms with Crippen LogP contribution in [0, 0.1) is 12.7 Å². The lowest BCUT2D eigenvalue weighted by Crippen LogP contribution is -2.34. The van der Waals surface area contributed by atoms with Crippen LogP contribution < -0.4 is 0 Å². The van der Waals surface area contributed by atoms with E-state index >= 15 is 0 Å². The van der Waals surface area contributed by atoms with Crippen LogP contribution in [0.25, 0.3) is 11.1 Å². The van der Waals surface area contributed by atoms with Gasteiger partial charge in [-0.3, -0.25) is 9.69 Å². The van der Waals surface area contributed by atoms with Crippen LogP contribution in [0.3, 0.4) is 0 Å². The highest BCUT2D eigenvalue weighted by molar-refractivity contribution is 5.94. The minimum Gasteiger partial charge on any atom is -0.345 e. The van der Waals surface area contributed by atoms with Gasteiger partial charge >= 0.3 is 0 Å². The summed E-state index contributed by atoms with van der Waals surface area (Å²) in [7, 11) is 3.47. The van der Waals surface area contributed by atoms with E-state index in [9.17, 15) is 9.18 Å². The zero-order valence-electron chi connectivity index (χ0n) is 18.9. The Balaban J connectivity index is 1.56. The van der Waals surface area contributed by atoms with Crippen LogP contribution in [-0.2, 0) is 6.54 Å². The number of hydrogen-bond donors (Lipinski definition) is 0. The van der Waals surface area contributed by atoms with Crippen LogP contribution in [0.4, 0.5) is 4.39 Å². The average Bonchev–Trinajstić information content (AvgIpc) is 2.79. The fourth-order valence-electron chi connectivity index (χ4n) is 4.30. The molecule has 1 fully saturated rings. The minimum atomic E-state index is -0.227. The predicted octanol–water partition coefficient (Wildman–Crippen LogP) is 5.02. The molecule has 2 heterocycles. The number of benzene rings is 2. The third-order valence-corrected chi connectivity index (χ3v) is 6.04. The first-order chi connectivity index (χ1) is 15.4. The smallest absolute Gasteiger partial charge is 0.256 e. The molecule has 1 atom stereocenters. The fraction of sp³-hybridized carbons (Fsp3) is 0.346. The Hall–Kier alpha value is -3.12. The molecule has 0 saturated carbocycles. The number of hydrogen-bond acceptors (Lipinski definition) is 4. The standard InChI is InChI=1S/C26H29FN4O/c1-18-23(26(32)30(2)3)16-28-25(29-18)24-9-4-5-14-31(24)17-19-7-6-8-21(15-19)20-10-12-22(27)13-11-20/h6-8,10-13,15-16,24H,4-5,9,14,17H2,1-3H3/t24-/m1/s1. The number of aryl methyl sites for hydroxylation is 1. The van der Waals surface area contributed by atoms with Crippen LogP contribution in [0.2, 0.25) is 0 Å². The first kappa shape index (κ1) is 22.1. The summed E-state index contributed by atoms with van der Waals surface area (Å²) in [6, 6.07) is 15.1. The Kier molecular flexibility index (Phi) is 6.61. The van der Waals surface area contributed by atoms with Crippen LogP contribution in [0.15, 0.2) is 54.7 Å². The van der Waals surface area contributed by atoms with Gasteiger partial charge in [-0.05, 0) is 61.2 Å². The molecule has 1 aliphatic heterocycles. The summed E-state index contributed by atoms with van der Waals surface area (Å²) in [5, 5.41) is 0. The fourth-order valence-corrected chi connectivity index (χ4v) is 4.30. The summed E-state index contributed by atoms with van der Waals surface area (Å²) in [6.07, 6.45) is 4.95. The van der Waals surface area contributed by atoms with Gasteiger partial charge in [0.15, 0.2) is 0 Å². The van der Waals surface area contributed by atoms with Crippen molar-refractivity contribution < 1.29 is 9.18 Å². The van der Waals surface area contributed by atoms with Gasteiger partial charge in [0.1, 0.15) is 11.6 Å². The Morgan fingerprint density at radius 1 is 1.12 bits per heavy atom. The molecule has 0 bridgehead atoms. The van der Waals surface area contributed by atoms with Gasteiger partial charge < -0.3 is 4.90 Å². The second-order valence-electron chi connectivity index (χ2n) is 8.62. The highest BCUT2D eigenvalue weighted by Crippen LogP contribution is 2.31. The highest BCUT2D eigenvalue weighted by atomic mass is 19.1. The monoisotopic (exact) mass is 432 g/mol. The summed E-state index contributed by atoms with van der Waals surface area (Å²) < 4.78 is 13.3. The molecule has 1 aliphatic rings. The summed E-state index contributed by atoms with van der Waals surface area (Å²) in [5.74, 6) is 0.481. The second-order valence-corrected chi connectivity index (χ2v) is 8.62. The summed E-state index contributed by atoms with van der Waals surface area (Å²) in [6.45, 7) is 3.65. The zero-order chi connectivity index (χ0) is 22.7. The number of rotatable bonds is 5. The van der Waals surface area contributed by atoms with Crippen molar-refractivity contribution in [3.05, 3.63) is 83.2 Å². The molecule has 1 saturated heterocycles. The zero-order valence-corrected chi connectivity index (χ0v) is 18.9. The topological polar surface area (TPSA) is 49.3 Å². The first-order valence-corrected chi connectivity index (χ1v) is 11.1. The molecule has 6 heteroatoms. The van der Waals surface area contributed by atoms with Crippen molar-refractivity contribution in [2.75, 3.05) is 20.6 Å². The summed E-state index contributed by atoms with van der Waals surface area (Å²) in [5.41, 5.74) is 4.55. The Morgan fingerprint density at radius 2 is 1.91 bits per heavy atom. The Morgan fingerprint density at radius 3 is 2.62 bits per heavy atom. The third kappa shape index (κ3) is 4.86. The van der Waals surface area contributed by atoms with Crippen molar-refractivity contribution in [2.24, 2.45) is 0 Å². The molecular formula is C26H29FN4O. The van der Waals surface area contributed by atoms with E-state index in [4.69, 9.17) is 4.98 Å². The second kappa shape index (κ2) is 9.57. The molecular weight excluding hydrogens is 403 g/mol. The number of likely N-dealkylation sites (tertiary alicyclic amines) is 1. The van der Waals surface area contributed by atoms with Crippen molar-refractivity contribution in [2.45, 2.75) is 38.8 Å². The molecule has 1 aromatic heterocycles. The van der Waals surface area contributed by atoms with E-state index in [1.54, 1.807) is 25.2 Å². The maximum atomic E-state index is 13.3. The molecule has 2 aromatic carbocycles. The summed E-state index contributed by atoms with van der Waals surface area (Å²) >= 11 is 0. The number of halogens is 1. The molecule has 0 radical (unpaired) electrons. The van der Waals surface area contributed by atoms with Gasteiger partial charge in [0.25, 0.3) is 5.91 Å². The summed E-state index contributed by atoms with van der Waals surface area (Å²) in [4.78, 5) is 25.6. The molecule has 4 rings (SSSR count). The normalized spacial score (nSPS) is 16.7. The molecule has 0 aliphatic carbocycles. The van der Waals surface area contributed by atoms with Gasteiger partial charge in [0.05, 0.1) is 17.3 Å². The number of amides is 1. The number of piperidine rings is 1. The van der Waals surface area contributed by atoms with E-state index in [1.807, 2.05) is 19.1 Å². The van der Waals surface area contributed by atoms with E-state index in [-0.39, 0.29) is 17.8 Å². The molecule has 0 N–H and O–H groups in total. The predicted molar refractivity (Wildman–Crippen MR) is 124 cm³/mol. The van der Waals surface area contributed by atoms with Crippen LogP contribution in [0.1, 0.15) is 52.7 Å². The Labute approximate surface area is 188 Å². The van der Waals surface area contributed by atoms with E-state index in [0.29, 0.717) is 5.56 Å². The Bertz CT molecular complexity index is 1100. The van der Waals surface area contributed by atoms with Gasteiger partial charge in [0, 0.05) is 26.8 Å². The minimum absolute atomic E-state index is 0.0767. The van der Waals surface area contributed by atoms with Gasteiger partial charge in [-0.2, -0.15) is 0 Å². The van der Waals surface area contributed by atoms with E-state index < -0.39 is 0 Å². The number of aromatic nitrogens is 2. The van der Waals surface area contributed by atoms with Crippen LogP contribution >= 0.6 is 0 Å². The van der Waals surface area contributed by atoms with Crippen molar-refractivity contribution >= 4 is 5.91 Å². The highest BCUT2D eigenvalue weighted by Gasteiger charge is 2.27. The quantitative estimate of drug-likeness (QED) is 0.568. The van der Waals surface area contributed by atoms with Gasteiger partial charge in [-0.1, -0.05) is 36.8 Å². The number of nitrogens with zero attached hydrogens (tertiary/aromatic N) is 4. The molecule has 166 valence electrons. The van der Waals surface area contributed by atoms with E-state index in [1.165, 1.54) is 17.7 Å².